The molecule has 1 unspecified atom stereocenters. The number of hydrogen-bond donors (Lipinski definition) is 4. The number of nitrogens with zero attached hydrogens (tertiary/aromatic N) is 6. The first kappa shape index (κ1) is 51.8. The van der Waals surface area contributed by atoms with Crippen LogP contribution in [0.2, 0.25) is 5.15 Å². The predicted octanol–water partition coefficient (Wildman–Crippen LogP) is 10.6. The lowest BCUT2D eigenvalue weighted by Crippen LogP contribution is -2.31. The minimum absolute atomic E-state index is 0.000648. The van der Waals surface area contributed by atoms with E-state index in [1.807, 2.05) is 24.3 Å². The van der Waals surface area contributed by atoms with Crippen LogP contribution in [0.1, 0.15) is 52.6 Å². The number of halogens is 3. The average Bonchev–Trinajstić information content (AvgIpc) is 3.74. The van der Waals surface area contributed by atoms with Gasteiger partial charge in [0, 0.05) is 56.6 Å². The Bertz CT molecular complexity index is 2980. The SMILES string of the molecule is CC(C)(C)COc1ccc2c(c1)C1(COC(N)=N1)c1cc(-c3cncnc3)cnc1O2.COc1ccc(O)cc1.COc1ccc(Oc2ncc(Br)cc2C(=O)O)cc1.O=C(O)c1cc(Br)cnc1Cl. The highest BCUT2D eigenvalue weighted by molar-refractivity contribution is 9.10. The van der Waals surface area contributed by atoms with E-state index in [0.29, 0.717) is 38.7 Å². The Kier molecular flexibility index (Phi) is 17.2. The number of aromatic carboxylic acids is 2. The zero-order valence-corrected chi connectivity index (χ0v) is 41.9. The van der Waals surface area contributed by atoms with Crippen LogP contribution in [0.4, 0.5) is 0 Å². The van der Waals surface area contributed by atoms with E-state index >= 15 is 0 Å². The zero-order chi connectivity index (χ0) is 50.6. The Hall–Kier alpha value is -7.55. The molecule has 21 heteroatoms. The molecule has 0 bridgehead atoms. The molecule has 70 heavy (non-hydrogen) atoms. The van der Waals surface area contributed by atoms with E-state index in [0.717, 1.165) is 33.8 Å². The molecule has 3 aromatic carbocycles. The van der Waals surface area contributed by atoms with Gasteiger partial charge in [0.15, 0.2) is 5.54 Å². The van der Waals surface area contributed by atoms with Crippen LogP contribution in [0.15, 0.2) is 136 Å². The van der Waals surface area contributed by atoms with Crippen LogP contribution in [0.25, 0.3) is 11.1 Å². The predicted molar refractivity (Wildman–Crippen MR) is 266 cm³/mol. The maximum atomic E-state index is 11.1. The molecule has 0 saturated heterocycles. The van der Waals surface area contributed by atoms with Gasteiger partial charge in [-0.1, -0.05) is 32.4 Å². The number of methoxy groups -OCH3 is 2. The number of fused-ring (bicyclic) bond motifs is 4. The highest BCUT2D eigenvalue weighted by Gasteiger charge is 2.48. The molecule has 1 spiro atoms. The van der Waals surface area contributed by atoms with Gasteiger partial charge in [0.1, 0.15) is 58.1 Å². The van der Waals surface area contributed by atoms with Gasteiger partial charge in [0.25, 0.3) is 6.02 Å². The van der Waals surface area contributed by atoms with Crippen LogP contribution in [0, 0.1) is 5.41 Å². The van der Waals surface area contributed by atoms with Crippen LogP contribution < -0.4 is 29.4 Å². The molecule has 6 heterocycles. The van der Waals surface area contributed by atoms with Gasteiger partial charge >= 0.3 is 11.9 Å². The molecule has 9 rings (SSSR count). The Morgan fingerprint density at radius 3 is 1.90 bits per heavy atom. The van der Waals surface area contributed by atoms with Crippen LogP contribution in [-0.2, 0) is 10.3 Å². The van der Waals surface area contributed by atoms with Crippen molar-refractivity contribution in [2.45, 2.75) is 26.3 Å². The second-order valence-electron chi connectivity index (χ2n) is 16.0. The number of phenolic OH excluding ortho intramolecular Hbond substituents is 1. The number of carbonyl (C=O) groups is 2. The van der Waals surface area contributed by atoms with Crippen molar-refractivity contribution < 1.29 is 53.3 Å². The summed E-state index contributed by atoms with van der Waals surface area (Å²) in [6.45, 7) is 7.22. The van der Waals surface area contributed by atoms with E-state index in [-0.39, 0.29) is 46.0 Å². The van der Waals surface area contributed by atoms with Crippen LogP contribution >= 0.6 is 43.5 Å². The molecule has 0 radical (unpaired) electrons. The molecule has 7 aromatic rings. The molecule has 0 amide bonds. The van der Waals surface area contributed by atoms with Gasteiger partial charge in [-0.05, 0) is 122 Å². The third-order valence-corrected chi connectivity index (χ3v) is 10.8. The van der Waals surface area contributed by atoms with Crippen LogP contribution in [0.5, 0.6) is 46.3 Å². The van der Waals surface area contributed by atoms with E-state index in [2.05, 4.69) is 77.6 Å². The molecule has 2 aliphatic rings. The largest absolute Gasteiger partial charge is 0.508 e. The quantitative estimate of drug-likeness (QED) is 0.0981. The first-order valence-electron chi connectivity index (χ1n) is 20.7. The summed E-state index contributed by atoms with van der Waals surface area (Å²) in [6.07, 6.45) is 9.62. The number of carboxylic acids is 2. The Morgan fingerprint density at radius 2 is 1.33 bits per heavy atom. The second-order valence-corrected chi connectivity index (χ2v) is 18.2. The highest BCUT2D eigenvalue weighted by atomic mass is 79.9. The fourth-order valence-electron chi connectivity index (χ4n) is 6.27. The Labute approximate surface area is 423 Å². The van der Waals surface area contributed by atoms with Gasteiger partial charge in [-0.25, -0.2) is 39.5 Å². The lowest BCUT2D eigenvalue weighted by atomic mass is 9.81. The number of carboxylic acid groups (broad SMARTS) is 2. The molecule has 18 nitrogen and oxygen atoms in total. The molecule has 362 valence electrons. The van der Waals surface area contributed by atoms with Crippen LogP contribution in [-0.4, -0.2) is 85.6 Å². The molecule has 5 N–H and O–H groups in total. The van der Waals surface area contributed by atoms with Gasteiger partial charge in [-0.2, -0.15) is 0 Å². The topological polar surface area (TPSA) is 253 Å². The monoisotopic (exact) mass is 1100 g/mol. The molecular formula is C49H44Br2ClN7O11. The van der Waals surface area contributed by atoms with Gasteiger partial charge < -0.3 is 49.5 Å². The number of aromatic hydroxyl groups is 1. The summed E-state index contributed by atoms with van der Waals surface area (Å²) >= 11 is 11.7. The zero-order valence-electron chi connectivity index (χ0n) is 38.0. The first-order valence-corrected chi connectivity index (χ1v) is 22.6. The summed E-state index contributed by atoms with van der Waals surface area (Å²) in [5.74, 6) is 1.92. The molecule has 2 aliphatic heterocycles. The number of benzene rings is 3. The molecular weight excluding hydrogens is 1060 g/mol. The Balaban J connectivity index is 0.000000174. The van der Waals surface area contributed by atoms with Gasteiger partial charge in [-0.15, -0.1) is 0 Å². The normalized spacial score (nSPS) is 13.9. The summed E-state index contributed by atoms with van der Waals surface area (Å²) in [4.78, 5) is 46.6. The van der Waals surface area contributed by atoms with Gasteiger partial charge in [-0.3, -0.25) is 0 Å². The third kappa shape index (κ3) is 13.6. The summed E-state index contributed by atoms with van der Waals surface area (Å²) in [5, 5.41) is 26.4. The van der Waals surface area contributed by atoms with Crippen molar-refractivity contribution in [1.29, 1.82) is 0 Å². The maximum Gasteiger partial charge on any atom is 0.341 e. The number of rotatable bonds is 9. The fraction of sp³-hybridized carbons (Fsp3) is 0.184. The van der Waals surface area contributed by atoms with Crippen molar-refractivity contribution in [2.75, 3.05) is 27.4 Å². The number of amidine groups is 1. The summed E-state index contributed by atoms with van der Waals surface area (Å²) in [5.41, 5.74) is 8.43. The maximum absolute atomic E-state index is 11.1. The van der Waals surface area contributed by atoms with Gasteiger partial charge in [0.05, 0.1) is 32.0 Å². The van der Waals surface area contributed by atoms with Crippen molar-refractivity contribution in [2.24, 2.45) is 16.1 Å². The van der Waals surface area contributed by atoms with Crippen molar-refractivity contribution in [1.82, 2.24) is 24.9 Å². The van der Waals surface area contributed by atoms with E-state index in [9.17, 15) is 9.59 Å². The van der Waals surface area contributed by atoms with Crippen molar-refractivity contribution in [3.8, 4) is 57.4 Å². The number of aliphatic imine (C=N–C) groups is 1. The fourth-order valence-corrected chi connectivity index (χ4v) is 7.12. The number of nitrogens with two attached hydrogens (primary N) is 1. The standard InChI is InChI=1S/C23H23N5O3.C13H10BrNO4.C7H8O2.C6H3BrClNO2/c1-22(2,3)11-29-16-4-5-19-17(7-16)23(12-30-21(24)28-23)18-6-14(10-27-20(18)31-19)15-8-25-13-26-9-15;1-18-9-2-4-10(5-3-9)19-12-11(13(16)17)6-8(14)7-15-12;1-9-7-4-2-6(8)3-5-7;7-3-1-4(6(10)11)5(8)9-2-3/h4-10,13H,11-12H2,1-3H3,(H2,24,28);2-7H,1H3,(H,16,17);2-5,8H,1H3;1-2H,(H,10,11). The first-order chi connectivity index (χ1) is 33.4. The van der Waals surface area contributed by atoms with E-state index in [1.54, 1.807) is 81.3 Å². The molecule has 0 fully saturated rings. The molecule has 0 aliphatic carbocycles. The van der Waals surface area contributed by atoms with Gasteiger partial charge in [0.2, 0.25) is 11.8 Å². The lowest BCUT2D eigenvalue weighted by molar-refractivity contribution is 0.0683. The molecule has 1 atom stereocenters. The number of aromatic nitrogens is 5. The third-order valence-electron chi connectivity index (χ3n) is 9.63. The average molecular weight is 1100 g/mol. The van der Waals surface area contributed by atoms with E-state index < -0.39 is 17.5 Å². The minimum Gasteiger partial charge on any atom is -0.508 e. The molecule has 4 aromatic heterocycles. The number of pyridine rings is 3. The summed E-state index contributed by atoms with van der Waals surface area (Å²) in [6, 6.07) is 24.0. The highest BCUT2D eigenvalue weighted by Crippen LogP contribution is 2.51. The second kappa shape index (κ2) is 23.2. The summed E-state index contributed by atoms with van der Waals surface area (Å²) in [7, 11) is 3.15. The minimum atomic E-state index is -1.10. The van der Waals surface area contributed by atoms with Crippen LogP contribution in [0.3, 0.4) is 0 Å². The lowest BCUT2D eigenvalue weighted by Gasteiger charge is -2.33. The van der Waals surface area contributed by atoms with Crippen molar-refractivity contribution in [3.05, 3.63) is 159 Å². The van der Waals surface area contributed by atoms with Crippen molar-refractivity contribution >= 4 is 61.4 Å². The number of phenols is 1. The van der Waals surface area contributed by atoms with Crippen molar-refractivity contribution in [3.63, 3.8) is 0 Å². The van der Waals surface area contributed by atoms with E-state index in [1.165, 1.54) is 30.9 Å². The smallest absolute Gasteiger partial charge is 0.341 e. The molecule has 0 saturated carbocycles. The summed E-state index contributed by atoms with van der Waals surface area (Å²) < 4.78 is 34.3. The van der Waals surface area contributed by atoms with E-state index in [4.69, 9.17) is 66.1 Å². The number of ether oxygens (including phenoxy) is 6. The number of hydrogen-bond acceptors (Lipinski definition) is 16. The Morgan fingerprint density at radius 1 is 0.743 bits per heavy atom.